The first-order valence-electron chi connectivity index (χ1n) is 7.34. The third kappa shape index (κ3) is 2.69. The first-order chi connectivity index (χ1) is 9.63. The fourth-order valence-electron chi connectivity index (χ4n) is 2.80. The van der Waals surface area contributed by atoms with E-state index in [1.165, 1.54) is 12.8 Å². The molecule has 0 saturated heterocycles. The molecule has 0 aliphatic carbocycles. The van der Waals surface area contributed by atoms with Gasteiger partial charge in [-0.05, 0) is 26.0 Å². The monoisotopic (exact) mass is 275 g/mol. The number of H-pyrrole nitrogens is 1. The lowest BCUT2D eigenvalue weighted by atomic mass is 9.79. The van der Waals surface area contributed by atoms with Crippen molar-refractivity contribution in [2.45, 2.75) is 44.7 Å². The Labute approximate surface area is 120 Å². The fraction of sp³-hybridized carbons (Fsp3) is 0.600. The molecule has 5 nitrogen and oxygen atoms in total. The minimum Gasteiger partial charge on any atom is -0.313 e. The van der Waals surface area contributed by atoms with Gasteiger partial charge >= 0.3 is 0 Å². The van der Waals surface area contributed by atoms with Crippen LogP contribution >= 0.6 is 0 Å². The van der Waals surface area contributed by atoms with E-state index in [0.717, 1.165) is 24.1 Å². The van der Waals surface area contributed by atoms with Gasteiger partial charge in [-0.15, -0.1) is 0 Å². The molecule has 0 amide bonds. The summed E-state index contributed by atoms with van der Waals surface area (Å²) in [5.41, 5.74) is 2.31. The Morgan fingerprint density at radius 3 is 2.95 bits per heavy atom. The van der Waals surface area contributed by atoms with Crippen molar-refractivity contribution >= 4 is 5.71 Å². The molecule has 1 aromatic rings. The molecule has 0 spiro atoms. The zero-order chi connectivity index (χ0) is 14.6. The van der Waals surface area contributed by atoms with E-state index in [0.29, 0.717) is 5.71 Å². The van der Waals surface area contributed by atoms with E-state index >= 15 is 0 Å². The van der Waals surface area contributed by atoms with Gasteiger partial charge in [-0.2, -0.15) is 5.10 Å². The van der Waals surface area contributed by atoms with Crippen LogP contribution in [0.4, 0.5) is 0 Å². The quantitative estimate of drug-likeness (QED) is 0.641. The van der Waals surface area contributed by atoms with Crippen LogP contribution < -0.4 is 10.6 Å². The highest BCUT2D eigenvalue weighted by molar-refractivity contribution is 6.06. The van der Waals surface area contributed by atoms with Crippen LogP contribution in [-0.2, 0) is 5.54 Å². The van der Waals surface area contributed by atoms with Gasteiger partial charge in [0, 0.05) is 24.3 Å². The van der Waals surface area contributed by atoms with Crippen molar-refractivity contribution in [3.05, 3.63) is 29.6 Å². The standard InChI is InChI=1S/C15H25N5/c1-4-5-6-13(17-3)12-7-8-18-15(2,14(12)16)11-9-19-20-10-11/h7,9-10,13,16-18H,4-6,8H2,1-3H3,(H,19,20). The van der Waals surface area contributed by atoms with Crippen LogP contribution in [0.25, 0.3) is 0 Å². The molecule has 2 heterocycles. The van der Waals surface area contributed by atoms with Gasteiger partial charge in [0.05, 0.1) is 17.4 Å². The smallest absolute Gasteiger partial charge is 0.0864 e. The fourth-order valence-corrected chi connectivity index (χ4v) is 2.80. The molecule has 1 aromatic heterocycles. The molecule has 4 N–H and O–H groups in total. The maximum atomic E-state index is 8.63. The normalized spacial score (nSPS) is 24.6. The number of likely N-dealkylation sites (N-methyl/N-ethyl adjacent to an activating group) is 1. The van der Waals surface area contributed by atoms with Gasteiger partial charge < -0.3 is 10.7 Å². The number of hydrogen-bond donors (Lipinski definition) is 4. The van der Waals surface area contributed by atoms with Gasteiger partial charge in [-0.25, -0.2) is 0 Å². The average Bonchev–Trinajstić information content (AvgIpc) is 2.99. The minimum absolute atomic E-state index is 0.260. The molecule has 2 rings (SSSR count). The first kappa shape index (κ1) is 14.9. The maximum absolute atomic E-state index is 8.63. The predicted octanol–water partition coefficient (Wildman–Crippen LogP) is 1.95. The highest BCUT2D eigenvalue weighted by Crippen LogP contribution is 2.29. The van der Waals surface area contributed by atoms with Crippen molar-refractivity contribution in [2.75, 3.05) is 13.6 Å². The molecule has 0 bridgehead atoms. The third-order valence-electron chi connectivity index (χ3n) is 4.21. The Hall–Kier alpha value is -1.46. The van der Waals surface area contributed by atoms with Crippen LogP contribution in [0.2, 0.25) is 0 Å². The summed E-state index contributed by atoms with van der Waals surface area (Å²) in [7, 11) is 1.98. The Morgan fingerprint density at radius 2 is 2.35 bits per heavy atom. The van der Waals surface area contributed by atoms with Crippen molar-refractivity contribution in [3.63, 3.8) is 0 Å². The van der Waals surface area contributed by atoms with Crippen molar-refractivity contribution in [1.82, 2.24) is 20.8 Å². The molecular formula is C15H25N5. The lowest BCUT2D eigenvalue weighted by molar-refractivity contribution is 0.484. The molecule has 0 radical (unpaired) electrons. The van der Waals surface area contributed by atoms with Crippen molar-refractivity contribution < 1.29 is 0 Å². The summed E-state index contributed by atoms with van der Waals surface area (Å²) in [5.74, 6) is 0. The van der Waals surface area contributed by atoms with E-state index in [1.54, 1.807) is 6.20 Å². The zero-order valence-electron chi connectivity index (χ0n) is 12.6. The summed E-state index contributed by atoms with van der Waals surface area (Å²) in [6, 6.07) is 0.260. The predicted molar refractivity (Wildman–Crippen MR) is 82.1 cm³/mol. The van der Waals surface area contributed by atoms with E-state index < -0.39 is 5.54 Å². The average molecular weight is 275 g/mol. The summed E-state index contributed by atoms with van der Waals surface area (Å²) in [6.45, 7) is 5.04. The second-order valence-electron chi connectivity index (χ2n) is 5.51. The summed E-state index contributed by atoms with van der Waals surface area (Å²) in [5, 5.41) is 22.3. The first-order valence-corrected chi connectivity index (χ1v) is 7.34. The van der Waals surface area contributed by atoms with Crippen LogP contribution in [0, 0.1) is 5.41 Å². The number of aromatic nitrogens is 2. The van der Waals surface area contributed by atoms with Crippen LogP contribution in [0.15, 0.2) is 24.0 Å². The number of rotatable bonds is 6. The summed E-state index contributed by atoms with van der Waals surface area (Å²) < 4.78 is 0. The SMILES string of the molecule is CCCCC(NC)C1=CCNC(C)(c2cn[nH]c2)C1=N. The molecule has 2 unspecified atom stereocenters. The molecule has 2 atom stereocenters. The van der Waals surface area contributed by atoms with E-state index in [-0.39, 0.29) is 6.04 Å². The molecule has 5 heteroatoms. The third-order valence-corrected chi connectivity index (χ3v) is 4.21. The van der Waals surface area contributed by atoms with Gasteiger partial charge in [0.25, 0.3) is 0 Å². The van der Waals surface area contributed by atoms with E-state index in [2.05, 4.69) is 40.8 Å². The van der Waals surface area contributed by atoms with Gasteiger partial charge in [-0.1, -0.05) is 25.8 Å². The van der Waals surface area contributed by atoms with Gasteiger partial charge in [0.15, 0.2) is 0 Å². The highest BCUT2D eigenvalue weighted by atomic mass is 15.1. The van der Waals surface area contributed by atoms with Gasteiger partial charge in [0.2, 0.25) is 0 Å². The Morgan fingerprint density at radius 1 is 1.55 bits per heavy atom. The number of hydrogen-bond acceptors (Lipinski definition) is 4. The van der Waals surface area contributed by atoms with Gasteiger partial charge in [0.1, 0.15) is 0 Å². The van der Waals surface area contributed by atoms with Crippen molar-refractivity contribution in [3.8, 4) is 0 Å². The Kier molecular flexibility index (Phi) is 4.73. The minimum atomic E-state index is -0.460. The molecule has 1 aliphatic rings. The largest absolute Gasteiger partial charge is 0.313 e. The van der Waals surface area contributed by atoms with Gasteiger partial charge in [-0.3, -0.25) is 10.4 Å². The van der Waals surface area contributed by atoms with Crippen LogP contribution in [0.1, 0.15) is 38.7 Å². The molecule has 0 aromatic carbocycles. The second kappa shape index (κ2) is 6.33. The van der Waals surface area contributed by atoms with E-state index in [1.807, 2.05) is 13.2 Å². The summed E-state index contributed by atoms with van der Waals surface area (Å²) >= 11 is 0. The number of aromatic amines is 1. The van der Waals surface area contributed by atoms with Crippen molar-refractivity contribution in [2.24, 2.45) is 0 Å². The highest BCUT2D eigenvalue weighted by Gasteiger charge is 2.37. The number of nitrogens with zero attached hydrogens (tertiary/aromatic N) is 1. The topological polar surface area (TPSA) is 76.6 Å². The Balaban J connectivity index is 2.23. The zero-order valence-corrected chi connectivity index (χ0v) is 12.6. The lowest BCUT2D eigenvalue weighted by Crippen LogP contribution is -2.52. The van der Waals surface area contributed by atoms with Crippen LogP contribution in [0.5, 0.6) is 0 Å². The molecule has 20 heavy (non-hydrogen) atoms. The molecule has 0 fully saturated rings. The number of nitrogens with one attached hydrogen (secondary N) is 4. The van der Waals surface area contributed by atoms with E-state index in [4.69, 9.17) is 5.41 Å². The summed E-state index contributed by atoms with van der Waals surface area (Å²) in [6.07, 6.45) is 9.22. The van der Waals surface area contributed by atoms with Crippen LogP contribution in [0.3, 0.4) is 0 Å². The van der Waals surface area contributed by atoms with E-state index in [9.17, 15) is 0 Å². The van der Waals surface area contributed by atoms with Crippen molar-refractivity contribution in [1.29, 1.82) is 5.41 Å². The second-order valence-corrected chi connectivity index (χ2v) is 5.51. The van der Waals surface area contributed by atoms with Crippen LogP contribution in [-0.4, -0.2) is 35.5 Å². The molecular weight excluding hydrogens is 250 g/mol. The molecule has 1 aliphatic heterocycles. The maximum Gasteiger partial charge on any atom is 0.0864 e. The number of unbranched alkanes of at least 4 members (excludes halogenated alkanes) is 1. The summed E-state index contributed by atoms with van der Waals surface area (Å²) in [4.78, 5) is 0. The molecule has 0 saturated carbocycles. The lowest BCUT2D eigenvalue weighted by Gasteiger charge is -2.37. The molecule has 110 valence electrons. The Bertz CT molecular complexity index is 476.